The van der Waals surface area contributed by atoms with Crippen molar-refractivity contribution in [1.29, 1.82) is 0 Å². The van der Waals surface area contributed by atoms with Crippen molar-refractivity contribution < 1.29 is 13.9 Å². The molecular formula is C18H21NO4. The highest BCUT2D eigenvalue weighted by Crippen LogP contribution is 2.35. The number of fused-ring (bicyclic) bond motifs is 1. The summed E-state index contributed by atoms with van der Waals surface area (Å²) in [5, 5.41) is 0. The molecule has 3 rings (SSSR count). The van der Waals surface area contributed by atoms with Crippen LogP contribution in [-0.2, 0) is 11.2 Å². The van der Waals surface area contributed by atoms with Crippen molar-refractivity contribution in [2.75, 3.05) is 7.11 Å². The van der Waals surface area contributed by atoms with Gasteiger partial charge in [-0.25, -0.2) is 9.36 Å². The van der Waals surface area contributed by atoms with Crippen LogP contribution in [0.15, 0.2) is 33.5 Å². The predicted octanol–water partition coefficient (Wildman–Crippen LogP) is 2.94. The molecule has 1 aliphatic rings. The number of Topliss-reactive ketones (excluding diaryl/α,β-unsaturated/α-hetero) is 1. The van der Waals surface area contributed by atoms with Gasteiger partial charge in [0.1, 0.15) is 17.3 Å². The third-order valence-electron chi connectivity index (χ3n) is 4.86. The monoisotopic (exact) mass is 315 g/mol. The van der Waals surface area contributed by atoms with E-state index in [2.05, 4.69) is 0 Å². The Bertz CT molecular complexity index is 784. The van der Waals surface area contributed by atoms with E-state index in [0.29, 0.717) is 12.2 Å². The van der Waals surface area contributed by atoms with E-state index >= 15 is 0 Å². The number of benzene rings is 1. The van der Waals surface area contributed by atoms with E-state index in [1.165, 1.54) is 0 Å². The Hall–Kier alpha value is -2.30. The third-order valence-corrected chi connectivity index (χ3v) is 4.86. The number of hydrogen-bond acceptors (Lipinski definition) is 4. The summed E-state index contributed by atoms with van der Waals surface area (Å²) in [4.78, 5) is 24.8. The Morgan fingerprint density at radius 1 is 1.09 bits per heavy atom. The standard InChI is InChI=1S/C18H21NO4/c1-10-9-15-17(12(3)11(2)16(10)20)23-18(21)19(15)13-5-7-14(22-4)8-6-13/h5-8,10-12H,9H2,1-4H3/t10-,11+,12-/m0/s1. The van der Waals surface area contributed by atoms with E-state index in [1.807, 2.05) is 32.9 Å². The molecule has 0 fully saturated rings. The minimum Gasteiger partial charge on any atom is -0.497 e. The van der Waals surface area contributed by atoms with Gasteiger partial charge in [0.2, 0.25) is 0 Å². The van der Waals surface area contributed by atoms with Crippen LogP contribution in [0.2, 0.25) is 0 Å². The molecule has 0 spiro atoms. The molecule has 0 aliphatic heterocycles. The number of hydrogen-bond donors (Lipinski definition) is 0. The first-order valence-corrected chi connectivity index (χ1v) is 7.86. The highest BCUT2D eigenvalue weighted by molar-refractivity contribution is 5.84. The average Bonchev–Trinajstić information content (AvgIpc) is 2.85. The van der Waals surface area contributed by atoms with E-state index in [4.69, 9.17) is 9.15 Å². The Balaban J connectivity index is 2.15. The number of oxazole rings is 1. The minimum atomic E-state index is -0.402. The SMILES string of the molecule is COc1ccc(-n2c3c(oc2=O)[C@@H](C)[C@@H](C)C(=O)[C@@H](C)C3)cc1. The number of ketones is 1. The molecular weight excluding hydrogens is 294 g/mol. The first-order chi connectivity index (χ1) is 10.9. The minimum absolute atomic E-state index is 0.102. The lowest BCUT2D eigenvalue weighted by molar-refractivity contribution is -0.126. The maximum atomic E-state index is 12.4. The van der Waals surface area contributed by atoms with Gasteiger partial charge in [0, 0.05) is 24.2 Å². The fourth-order valence-electron chi connectivity index (χ4n) is 3.27. The number of nitrogens with zero attached hydrogens (tertiary/aromatic N) is 1. The highest BCUT2D eigenvalue weighted by atomic mass is 16.5. The molecule has 0 radical (unpaired) electrons. The van der Waals surface area contributed by atoms with Crippen molar-refractivity contribution in [2.24, 2.45) is 11.8 Å². The molecule has 0 N–H and O–H groups in total. The second-order valence-electron chi connectivity index (χ2n) is 6.30. The maximum Gasteiger partial charge on any atom is 0.424 e. The lowest BCUT2D eigenvalue weighted by Crippen LogP contribution is -2.23. The van der Waals surface area contributed by atoms with Gasteiger partial charge in [-0.05, 0) is 24.3 Å². The van der Waals surface area contributed by atoms with Crippen LogP contribution in [0.25, 0.3) is 5.69 Å². The number of carbonyl (C=O) groups excluding carboxylic acids is 1. The average molecular weight is 315 g/mol. The molecule has 5 heteroatoms. The van der Waals surface area contributed by atoms with Crippen molar-refractivity contribution in [2.45, 2.75) is 33.1 Å². The summed E-state index contributed by atoms with van der Waals surface area (Å²) in [5.41, 5.74) is 1.53. The normalized spacial score (nSPS) is 24.2. The summed E-state index contributed by atoms with van der Waals surface area (Å²) in [6, 6.07) is 7.25. The Morgan fingerprint density at radius 2 is 1.74 bits per heavy atom. The maximum absolute atomic E-state index is 12.4. The number of ether oxygens (including phenoxy) is 1. The Morgan fingerprint density at radius 3 is 2.35 bits per heavy atom. The van der Waals surface area contributed by atoms with Gasteiger partial charge in [0.25, 0.3) is 0 Å². The smallest absolute Gasteiger partial charge is 0.424 e. The molecule has 1 heterocycles. The van der Waals surface area contributed by atoms with Crippen LogP contribution < -0.4 is 10.5 Å². The van der Waals surface area contributed by atoms with Crippen LogP contribution in [0.5, 0.6) is 5.75 Å². The molecule has 0 amide bonds. The van der Waals surface area contributed by atoms with Crippen molar-refractivity contribution >= 4 is 5.78 Å². The fraction of sp³-hybridized carbons (Fsp3) is 0.444. The van der Waals surface area contributed by atoms with Gasteiger partial charge in [0.15, 0.2) is 0 Å². The Labute approximate surface area is 134 Å². The summed E-state index contributed by atoms with van der Waals surface area (Å²) in [7, 11) is 1.60. The van der Waals surface area contributed by atoms with Gasteiger partial charge in [-0.1, -0.05) is 20.8 Å². The van der Waals surface area contributed by atoms with Crippen molar-refractivity contribution in [3.05, 3.63) is 46.3 Å². The molecule has 122 valence electrons. The van der Waals surface area contributed by atoms with Crippen LogP contribution in [0, 0.1) is 11.8 Å². The zero-order valence-electron chi connectivity index (χ0n) is 13.8. The topological polar surface area (TPSA) is 61.4 Å². The predicted molar refractivity (Wildman–Crippen MR) is 86.3 cm³/mol. The molecule has 2 aromatic rings. The van der Waals surface area contributed by atoms with Crippen LogP contribution in [-0.4, -0.2) is 17.5 Å². The summed E-state index contributed by atoms with van der Waals surface area (Å²) in [5.74, 6) is 0.794. The zero-order valence-corrected chi connectivity index (χ0v) is 13.8. The number of rotatable bonds is 2. The van der Waals surface area contributed by atoms with Crippen molar-refractivity contribution in [1.82, 2.24) is 4.57 Å². The lowest BCUT2D eigenvalue weighted by Gasteiger charge is -2.15. The number of aromatic nitrogens is 1. The van der Waals surface area contributed by atoms with Gasteiger partial charge in [-0.3, -0.25) is 4.79 Å². The van der Waals surface area contributed by atoms with Gasteiger partial charge in [0.05, 0.1) is 18.5 Å². The largest absolute Gasteiger partial charge is 0.497 e. The molecule has 23 heavy (non-hydrogen) atoms. The van der Waals surface area contributed by atoms with Crippen LogP contribution >= 0.6 is 0 Å². The lowest BCUT2D eigenvalue weighted by atomic mass is 9.87. The van der Waals surface area contributed by atoms with Crippen molar-refractivity contribution in [3.8, 4) is 11.4 Å². The first-order valence-electron chi connectivity index (χ1n) is 7.86. The van der Waals surface area contributed by atoms with Crippen LogP contribution in [0.3, 0.4) is 0 Å². The zero-order chi connectivity index (χ0) is 16.7. The second-order valence-corrected chi connectivity index (χ2v) is 6.30. The summed E-state index contributed by atoms with van der Waals surface area (Å²) in [6.07, 6.45) is 0.514. The van der Waals surface area contributed by atoms with Gasteiger partial charge in [-0.15, -0.1) is 0 Å². The third kappa shape index (κ3) is 2.50. The summed E-state index contributed by atoms with van der Waals surface area (Å²) in [6.45, 7) is 5.76. The number of methoxy groups -OCH3 is 1. The molecule has 0 unspecified atom stereocenters. The fourth-order valence-corrected chi connectivity index (χ4v) is 3.27. The molecule has 1 aromatic heterocycles. The van der Waals surface area contributed by atoms with E-state index in [0.717, 1.165) is 17.1 Å². The van der Waals surface area contributed by atoms with E-state index < -0.39 is 5.76 Å². The molecule has 3 atom stereocenters. The van der Waals surface area contributed by atoms with Gasteiger partial charge < -0.3 is 9.15 Å². The molecule has 1 aromatic carbocycles. The van der Waals surface area contributed by atoms with E-state index in [1.54, 1.807) is 23.8 Å². The van der Waals surface area contributed by atoms with Crippen molar-refractivity contribution in [3.63, 3.8) is 0 Å². The van der Waals surface area contributed by atoms with Gasteiger partial charge in [-0.2, -0.15) is 0 Å². The molecule has 5 nitrogen and oxygen atoms in total. The molecule has 0 saturated carbocycles. The highest BCUT2D eigenvalue weighted by Gasteiger charge is 2.36. The quantitative estimate of drug-likeness (QED) is 0.799. The second kappa shape index (κ2) is 5.72. The summed E-state index contributed by atoms with van der Waals surface area (Å²) < 4.78 is 12.3. The molecule has 0 bridgehead atoms. The number of carbonyl (C=O) groups is 1. The molecule has 0 saturated heterocycles. The van der Waals surface area contributed by atoms with Gasteiger partial charge >= 0.3 is 5.76 Å². The first kappa shape index (κ1) is 15.6. The van der Waals surface area contributed by atoms with Crippen LogP contribution in [0.1, 0.15) is 38.1 Å². The van der Waals surface area contributed by atoms with E-state index in [-0.39, 0.29) is 23.5 Å². The molecule has 1 aliphatic carbocycles. The summed E-state index contributed by atoms with van der Waals surface area (Å²) >= 11 is 0. The van der Waals surface area contributed by atoms with Crippen LogP contribution in [0.4, 0.5) is 0 Å². The van der Waals surface area contributed by atoms with E-state index in [9.17, 15) is 9.59 Å². The Kier molecular flexibility index (Phi) is 3.88.